The highest BCUT2D eigenvalue weighted by molar-refractivity contribution is 6.30. The number of amides is 2. The topological polar surface area (TPSA) is 110 Å². The van der Waals surface area contributed by atoms with Gasteiger partial charge in [-0.3, -0.25) is 24.1 Å². The molecule has 188 valence electrons. The first-order valence-electron chi connectivity index (χ1n) is 11.6. The quantitative estimate of drug-likeness (QED) is 0.283. The van der Waals surface area contributed by atoms with Crippen LogP contribution in [0.15, 0.2) is 67.0 Å². The summed E-state index contributed by atoms with van der Waals surface area (Å²) in [6.45, 7) is 0.898. The predicted molar refractivity (Wildman–Crippen MR) is 136 cm³/mol. The molecule has 0 unspecified atom stereocenters. The molecule has 11 heteroatoms. The molecule has 1 aliphatic rings. The molecule has 1 saturated heterocycles. The van der Waals surface area contributed by atoms with Gasteiger partial charge in [0.15, 0.2) is 0 Å². The molecule has 37 heavy (non-hydrogen) atoms. The van der Waals surface area contributed by atoms with Gasteiger partial charge in [0.1, 0.15) is 17.2 Å². The van der Waals surface area contributed by atoms with Gasteiger partial charge in [-0.05, 0) is 48.6 Å². The van der Waals surface area contributed by atoms with Crippen molar-refractivity contribution in [1.82, 2.24) is 14.3 Å². The Bertz CT molecular complexity index is 1510. The number of carbonyl (C=O) groups is 2. The maximum atomic E-state index is 13.8. The third-order valence-corrected chi connectivity index (χ3v) is 6.71. The van der Waals surface area contributed by atoms with Crippen LogP contribution >= 0.6 is 11.6 Å². The van der Waals surface area contributed by atoms with E-state index in [1.54, 1.807) is 27.6 Å². The summed E-state index contributed by atoms with van der Waals surface area (Å²) in [6, 6.07) is 13.8. The lowest BCUT2D eigenvalue weighted by atomic mass is 9.89. The van der Waals surface area contributed by atoms with Gasteiger partial charge >= 0.3 is 0 Å². The average Bonchev–Trinajstić information content (AvgIpc) is 3.31. The number of nitrogens with one attached hydrogen (secondary N) is 1. The molecular weight excluding hydrogens is 501 g/mol. The molecule has 2 amide bonds. The Morgan fingerprint density at radius 1 is 1.08 bits per heavy atom. The lowest BCUT2D eigenvalue weighted by Gasteiger charge is -2.32. The van der Waals surface area contributed by atoms with Crippen LogP contribution in [0.2, 0.25) is 5.02 Å². The van der Waals surface area contributed by atoms with E-state index in [-0.39, 0.29) is 17.4 Å². The molecule has 3 heterocycles. The van der Waals surface area contributed by atoms with Crippen molar-refractivity contribution >= 4 is 40.4 Å². The smallest absolute Gasteiger partial charge is 0.274 e. The summed E-state index contributed by atoms with van der Waals surface area (Å²) in [4.78, 5) is 41.6. The zero-order chi connectivity index (χ0) is 26.1. The monoisotopic (exact) mass is 521 g/mol. The molecule has 1 N–H and O–H groups in total. The molecule has 0 aliphatic carbocycles. The number of nitro groups is 1. The van der Waals surface area contributed by atoms with Crippen molar-refractivity contribution in [2.24, 2.45) is 0 Å². The second-order valence-electron chi connectivity index (χ2n) is 8.81. The number of hydrogen-bond acceptors (Lipinski definition) is 5. The third-order valence-electron chi connectivity index (χ3n) is 6.47. The van der Waals surface area contributed by atoms with Crippen LogP contribution in [0.4, 0.5) is 15.8 Å². The van der Waals surface area contributed by atoms with Gasteiger partial charge in [-0.15, -0.1) is 0 Å². The number of pyridine rings is 1. The zero-order valence-electron chi connectivity index (χ0n) is 19.4. The van der Waals surface area contributed by atoms with Gasteiger partial charge < -0.3 is 10.2 Å². The predicted octanol–water partition coefficient (Wildman–Crippen LogP) is 5.31. The number of benzene rings is 2. The number of fused-ring (bicyclic) bond motifs is 1. The summed E-state index contributed by atoms with van der Waals surface area (Å²) in [6.07, 6.45) is 4.57. The van der Waals surface area contributed by atoms with E-state index >= 15 is 0 Å². The van der Waals surface area contributed by atoms with Gasteiger partial charge in [0.25, 0.3) is 17.5 Å². The van der Waals surface area contributed by atoms with Crippen molar-refractivity contribution in [3.63, 3.8) is 0 Å². The first-order valence-corrected chi connectivity index (χ1v) is 11.9. The Morgan fingerprint density at radius 3 is 2.51 bits per heavy atom. The van der Waals surface area contributed by atoms with Crippen LogP contribution < -0.4 is 5.32 Å². The van der Waals surface area contributed by atoms with Crippen molar-refractivity contribution in [3.8, 4) is 0 Å². The number of halogens is 2. The molecule has 0 saturated carbocycles. The van der Waals surface area contributed by atoms with Gasteiger partial charge in [-0.25, -0.2) is 9.37 Å². The number of carbonyl (C=O) groups excluding carboxylic acids is 2. The van der Waals surface area contributed by atoms with Gasteiger partial charge in [0.05, 0.1) is 17.2 Å². The van der Waals surface area contributed by atoms with E-state index in [1.165, 1.54) is 6.20 Å². The summed E-state index contributed by atoms with van der Waals surface area (Å²) in [7, 11) is 0. The van der Waals surface area contributed by atoms with E-state index in [0.717, 1.165) is 23.8 Å². The Hall–Kier alpha value is -4.31. The molecule has 0 spiro atoms. The number of rotatable bonds is 5. The maximum absolute atomic E-state index is 13.8. The SMILES string of the molecule is O=C(Nc1ccc(C2CCN(C(=O)c3cc(F)cc([N+](=O)[O-])c3)CC2)cc1)c1cnc2cc(Cl)ccn12. The van der Waals surface area contributed by atoms with Gasteiger partial charge in [-0.1, -0.05) is 23.7 Å². The van der Waals surface area contributed by atoms with E-state index in [0.29, 0.717) is 48.0 Å². The number of likely N-dealkylation sites (tertiary alicyclic amines) is 1. The number of nitro benzene ring substituents is 1. The minimum Gasteiger partial charge on any atom is -0.339 e. The number of imidazole rings is 1. The molecule has 5 rings (SSSR count). The molecule has 0 radical (unpaired) electrons. The molecular formula is C26H21ClFN5O4. The highest BCUT2D eigenvalue weighted by Crippen LogP contribution is 2.30. The Morgan fingerprint density at radius 2 is 1.81 bits per heavy atom. The summed E-state index contributed by atoms with van der Waals surface area (Å²) in [5.74, 6) is -1.33. The number of anilines is 1. The van der Waals surface area contributed by atoms with Crippen LogP contribution in [0.25, 0.3) is 5.65 Å². The third kappa shape index (κ3) is 5.14. The van der Waals surface area contributed by atoms with Crippen LogP contribution in [0.3, 0.4) is 0 Å². The second kappa shape index (κ2) is 9.98. The highest BCUT2D eigenvalue weighted by Gasteiger charge is 2.26. The number of nitrogens with zero attached hydrogens (tertiary/aromatic N) is 4. The molecule has 1 aliphatic heterocycles. The van der Waals surface area contributed by atoms with Crippen molar-refractivity contribution in [3.05, 3.63) is 105 Å². The molecule has 0 bridgehead atoms. The lowest BCUT2D eigenvalue weighted by molar-refractivity contribution is -0.385. The number of non-ortho nitro benzene ring substituents is 1. The standard InChI is InChI=1S/C26H21ClFN5O4/c27-19-7-10-32-23(15-29-24(32)13-19)25(34)30-21-3-1-16(2-4-21)17-5-8-31(9-6-17)26(35)18-11-20(28)14-22(12-18)33(36)37/h1-4,7,10-15,17H,5-6,8-9H2,(H,30,34). The lowest BCUT2D eigenvalue weighted by Crippen LogP contribution is -2.38. The van der Waals surface area contributed by atoms with Gasteiger partial charge in [-0.2, -0.15) is 0 Å². The Kier molecular flexibility index (Phi) is 6.58. The average molecular weight is 522 g/mol. The van der Waals surface area contributed by atoms with E-state index in [1.807, 2.05) is 24.3 Å². The number of hydrogen-bond donors (Lipinski definition) is 1. The fraction of sp³-hybridized carbons (Fsp3) is 0.192. The van der Waals surface area contributed by atoms with Crippen molar-refractivity contribution in [2.75, 3.05) is 18.4 Å². The van der Waals surface area contributed by atoms with E-state index in [4.69, 9.17) is 11.6 Å². The Balaban J connectivity index is 1.20. The first-order chi connectivity index (χ1) is 17.8. The van der Waals surface area contributed by atoms with Crippen molar-refractivity contribution in [1.29, 1.82) is 0 Å². The second-order valence-corrected chi connectivity index (χ2v) is 9.25. The highest BCUT2D eigenvalue weighted by atomic mass is 35.5. The summed E-state index contributed by atoms with van der Waals surface area (Å²) in [5, 5.41) is 14.4. The minimum atomic E-state index is -0.814. The number of piperidine rings is 1. The zero-order valence-corrected chi connectivity index (χ0v) is 20.2. The van der Waals surface area contributed by atoms with Crippen molar-refractivity contribution in [2.45, 2.75) is 18.8 Å². The van der Waals surface area contributed by atoms with Gasteiger partial charge in [0.2, 0.25) is 0 Å². The number of aromatic nitrogens is 2. The van der Waals surface area contributed by atoms with Crippen LogP contribution in [-0.4, -0.2) is 44.1 Å². The fourth-order valence-electron chi connectivity index (χ4n) is 4.56. The van der Waals surface area contributed by atoms with Crippen LogP contribution in [0.1, 0.15) is 45.2 Å². The maximum Gasteiger partial charge on any atom is 0.274 e. The first kappa shape index (κ1) is 24.4. The summed E-state index contributed by atoms with van der Waals surface area (Å²) in [5.41, 5.74) is 2.20. The molecule has 1 fully saturated rings. The van der Waals surface area contributed by atoms with Gasteiger partial charge in [0, 0.05) is 47.7 Å². The normalized spacial score (nSPS) is 14.1. The largest absolute Gasteiger partial charge is 0.339 e. The van der Waals surface area contributed by atoms with Crippen LogP contribution in [0.5, 0.6) is 0 Å². The molecule has 2 aromatic carbocycles. The molecule has 9 nitrogen and oxygen atoms in total. The van der Waals surface area contributed by atoms with Crippen LogP contribution in [0, 0.1) is 15.9 Å². The Labute approximate surface area is 215 Å². The molecule has 4 aromatic rings. The van der Waals surface area contributed by atoms with E-state index < -0.39 is 22.3 Å². The van der Waals surface area contributed by atoms with E-state index in [9.17, 15) is 24.1 Å². The fourth-order valence-corrected chi connectivity index (χ4v) is 4.71. The van der Waals surface area contributed by atoms with E-state index in [2.05, 4.69) is 10.3 Å². The van der Waals surface area contributed by atoms with Crippen molar-refractivity contribution < 1.29 is 18.9 Å². The van der Waals surface area contributed by atoms with Crippen LogP contribution in [-0.2, 0) is 0 Å². The summed E-state index contributed by atoms with van der Waals surface area (Å²) < 4.78 is 15.4. The minimum absolute atomic E-state index is 0.0284. The molecule has 2 aromatic heterocycles. The summed E-state index contributed by atoms with van der Waals surface area (Å²) >= 11 is 5.98. The molecule has 0 atom stereocenters.